The van der Waals surface area contributed by atoms with Gasteiger partial charge in [0.15, 0.2) is 0 Å². The van der Waals surface area contributed by atoms with E-state index < -0.39 is 0 Å². The molecule has 0 aliphatic heterocycles. The Morgan fingerprint density at radius 3 is 2.70 bits per heavy atom. The van der Waals surface area contributed by atoms with Crippen LogP contribution in [0.15, 0.2) is 53.2 Å². The van der Waals surface area contributed by atoms with Gasteiger partial charge < -0.3 is 14.6 Å². The number of carbonyl (C=O) groups excluding carboxylic acids is 1. The molecular weight excluding hydrogens is 342 g/mol. The molecule has 0 fully saturated rings. The Morgan fingerprint density at radius 1 is 1.19 bits per heavy atom. The first-order valence-corrected chi connectivity index (χ1v) is 9.06. The predicted molar refractivity (Wildman–Crippen MR) is 102 cm³/mol. The lowest BCUT2D eigenvalue weighted by atomic mass is 10.1. The van der Waals surface area contributed by atoms with Crippen LogP contribution in [0.25, 0.3) is 11.4 Å². The van der Waals surface area contributed by atoms with Crippen LogP contribution < -0.4 is 10.1 Å². The van der Waals surface area contributed by atoms with Gasteiger partial charge in [-0.05, 0) is 43.2 Å². The number of ether oxygens (including phenoxy) is 1. The summed E-state index contributed by atoms with van der Waals surface area (Å²) >= 11 is 0. The van der Waals surface area contributed by atoms with E-state index in [9.17, 15) is 4.79 Å². The molecule has 3 aromatic rings. The molecule has 6 nitrogen and oxygen atoms in total. The smallest absolute Gasteiger partial charge is 0.257 e. The van der Waals surface area contributed by atoms with Crippen LogP contribution in [0.2, 0.25) is 0 Å². The molecule has 0 unspecified atom stereocenters. The van der Waals surface area contributed by atoms with E-state index in [2.05, 4.69) is 22.4 Å². The van der Waals surface area contributed by atoms with Crippen molar-refractivity contribution in [2.45, 2.75) is 33.2 Å². The Hall–Kier alpha value is -3.15. The number of aryl methyl sites for hydroxylation is 1. The SMILES string of the molecule is CCCCOc1ccc(CNC(=O)c2c(-c3ccccn3)noc2C)cc1. The fraction of sp³-hybridized carbons (Fsp3) is 0.286. The number of nitrogens with one attached hydrogen (secondary N) is 1. The highest BCUT2D eigenvalue weighted by Gasteiger charge is 2.22. The molecular formula is C21H23N3O3. The molecule has 6 heteroatoms. The maximum atomic E-state index is 12.7. The van der Waals surface area contributed by atoms with E-state index >= 15 is 0 Å². The van der Waals surface area contributed by atoms with Gasteiger partial charge in [-0.3, -0.25) is 9.78 Å². The van der Waals surface area contributed by atoms with Crippen molar-refractivity contribution in [3.05, 3.63) is 65.5 Å². The summed E-state index contributed by atoms with van der Waals surface area (Å²) in [7, 11) is 0. The van der Waals surface area contributed by atoms with Gasteiger partial charge in [0.25, 0.3) is 5.91 Å². The number of rotatable bonds is 8. The average molecular weight is 365 g/mol. The number of amides is 1. The normalized spacial score (nSPS) is 10.6. The highest BCUT2D eigenvalue weighted by molar-refractivity contribution is 6.00. The van der Waals surface area contributed by atoms with E-state index in [0.29, 0.717) is 29.3 Å². The molecule has 27 heavy (non-hydrogen) atoms. The first kappa shape index (κ1) is 18.6. The van der Waals surface area contributed by atoms with Gasteiger partial charge in [-0.1, -0.05) is 36.7 Å². The van der Waals surface area contributed by atoms with Crippen molar-refractivity contribution in [3.63, 3.8) is 0 Å². The molecule has 0 radical (unpaired) electrons. The molecule has 0 atom stereocenters. The molecule has 0 aliphatic rings. The van der Waals surface area contributed by atoms with Crippen molar-refractivity contribution in [2.75, 3.05) is 6.61 Å². The summed E-state index contributed by atoms with van der Waals surface area (Å²) in [5.41, 5.74) is 2.45. The minimum Gasteiger partial charge on any atom is -0.494 e. The number of benzene rings is 1. The summed E-state index contributed by atoms with van der Waals surface area (Å²) < 4.78 is 10.9. The van der Waals surface area contributed by atoms with Gasteiger partial charge in [-0.15, -0.1) is 0 Å². The van der Waals surface area contributed by atoms with Crippen LogP contribution in [0.3, 0.4) is 0 Å². The zero-order chi connectivity index (χ0) is 19.1. The second kappa shape index (κ2) is 8.98. The Bertz CT molecular complexity index is 873. The zero-order valence-electron chi connectivity index (χ0n) is 15.6. The lowest BCUT2D eigenvalue weighted by Crippen LogP contribution is -2.23. The van der Waals surface area contributed by atoms with Crippen LogP contribution in [0.4, 0.5) is 0 Å². The van der Waals surface area contributed by atoms with Crippen LogP contribution in [-0.4, -0.2) is 22.7 Å². The van der Waals surface area contributed by atoms with Gasteiger partial charge in [0.2, 0.25) is 0 Å². The quantitative estimate of drug-likeness (QED) is 0.607. The fourth-order valence-electron chi connectivity index (χ4n) is 2.63. The number of pyridine rings is 1. The summed E-state index contributed by atoms with van der Waals surface area (Å²) in [6.45, 7) is 4.97. The first-order valence-electron chi connectivity index (χ1n) is 9.06. The molecule has 0 saturated heterocycles. The lowest BCUT2D eigenvalue weighted by Gasteiger charge is -2.08. The van der Waals surface area contributed by atoms with Gasteiger partial charge in [-0.25, -0.2) is 0 Å². The van der Waals surface area contributed by atoms with E-state index in [1.165, 1.54) is 0 Å². The number of nitrogens with zero attached hydrogens (tertiary/aromatic N) is 2. The summed E-state index contributed by atoms with van der Waals surface area (Å²) in [6, 6.07) is 13.2. The summed E-state index contributed by atoms with van der Waals surface area (Å²) in [5.74, 6) is 1.07. The monoisotopic (exact) mass is 365 g/mol. The van der Waals surface area contributed by atoms with Gasteiger partial charge >= 0.3 is 0 Å². The van der Waals surface area contributed by atoms with Crippen LogP contribution >= 0.6 is 0 Å². The Labute approximate surface area is 158 Å². The second-order valence-corrected chi connectivity index (χ2v) is 6.21. The lowest BCUT2D eigenvalue weighted by molar-refractivity contribution is 0.0950. The molecule has 1 amide bonds. The van der Waals surface area contributed by atoms with Gasteiger partial charge in [0.05, 0.1) is 12.3 Å². The predicted octanol–water partition coefficient (Wildman–Crippen LogP) is 4.15. The maximum Gasteiger partial charge on any atom is 0.257 e. The third-order valence-corrected chi connectivity index (χ3v) is 4.14. The molecule has 140 valence electrons. The van der Waals surface area contributed by atoms with Crippen LogP contribution in [0, 0.1) is 6.92 Å². The zero-order valence-corrected chi connectivity index (χ0v) is 15.6. The summed E-state index contributed by atoms with van der Waals surface area (Å²) in [4.78, 5) is 16.9. The number of aromatic nitrogens is 2. The Morgan fingerprint density at radius 2 is 2.00 bits per heavy atom. The molecule has 1 N–H and O–H groups in total. The van der Waals surface area contributed by atoms with E-state index in [1.807, 2.05) is 36.4 Å². The number of unbranched alkanes of at least 4 members (excludes halogenated alkanes) is 1. The number of hydrogen-bond acceptors (Lipinski definition) is 5. The highest BCUT2D eigenvalue weighted by atomic mass is 16.5. The number of carbonyl (C=O) groups is 1. The van der Waals surface area contributed by atoms with Crippen molar-refractivity contribution in [1.29, 1.82) is 0 Å². The van der Waals surface area contributed by atoms with Crippen molar-refractivity contribution in [1.82, 2.24) is 15.5 Å². The minimum atomic E-state index is -0.238. The topological polar surface area (TPSA) is 77.2 Å². The highest BCUT2D eigenvalue weighted by Crippen LogP contribution is 2.23. The van der Waals surface area contributed by atoms with Crippen LogP contribution in [-0.2, 0) is 6.54 Å². The average Bonchev–Trinajstić information content (AvgIpc) is 3.09. The van der Waals surface area contributed by atoms with Crippen molar-refractivity contribution >= 4 is 5.91 Å². The van der Waals surface area contributed by atoms with E-state index in [0.717, 1.165) is 30.8 Å². The van der Waals surface area contributed by atoms with Gasteiger partial charge in [0, 0.05) is 12.7 Å². The molecule has 0 spiro atoms. The second-order valence-electron chi connectivity index (χ2n) is 6.21. The van der Waals surface area contributed by atoms with Crippen molar-refractivity contribution in [2.24, 2.45) is 0 Å². The molecule has 1 aromatic carbocycles. The minimum absolute atomic E-state index is 0.238. The maximum absolute atomic E-state index is 12.7. The molecule has 2 aromatic heterocycles. The number of hydrogen-bond donors (Lipinski definition) is 1. The van der Waals surface area contributed by atoms with Crippen molar-refractivity contribution < 1.29 is 14.1 Å². The van der Waals surface area contributed by atoms with Crippen LogP contribution in [0.1, 0.15) is 41.4 Å². The van der Waals surface area contributed by atoms with E-state index in [4.69, 9.17) is 9.26 Å². The molecule has 3 rings (SSSR count). The summed E-state index contributed by atoms with van der Waals surface area (Å²) in [6.07, 6.45) is 3.80. The Kier molecular flexibility index (Phi) is 6.20. The van der Waals surface area contributed by atoms with Crippen LogP contribution in [0.5, 0.6) is 5.75 Å². The molecule has 2 heterocycles. The molecule has 0 aliphatic carbocycles. The van der Waals surface area contributed by atoms with E-state index in [1.54, 1.807) is 19.2 Å². The van der Waals surface area contributed by atoms with E-state index in [-0.39, 0.29) is 5.91 Å². The largest absolute Gasteiger partial charge is 0.494 e. The van der Waals surface area contributed by atoms with Gasteiger partial charge in [0.1, 0.15) is 22.8 Å². The van der Waals surface area contributed by atoms with Gasteiger partial charge in [-0.2, -0.15) is 0 Å². The molecule has 0 bridgehead atoms. The first-order chi connectivity index (χ1) is 13.2. The Balaban J connectivity index is 1.64. The standard InChI is InChI=1S/C21H23N3O3/c1-3-4-13-26-17-10-8-16(9-11-17)14-23-21(25)19-15(2)27-24-20(19)18-7-5-6-12-22-18/h5-12H,3-4,13-14H2,1-2H3,(H,23,25). The fourth-order valence-corrected chi connectivity index (χ4v) is 2.63. The van der Waals surface area contributed by atoms with Crippen molar-refractivity contribution in [3.8, 4) is 17.1 Å². The molecule has 0 saturated carbocycles. The third kappa shape index (κ3) is 4.73. The summed E-state index contributed by atoms with van der Waals surface area (Å²) in [5, 5.41) is 6.91. The third-order valence-electron chi connectivity index (χ3n) is 4.14.